The molecule has 0 atom stereocenters. The van der Waals surface area contributed by atoms with E-state index in [1.54, 1.807) is 18.3 Å². The Morgan fingerprint density at radius 1 is 1.18 bits per heavy atom. The highest BCUT2D eigenvalue weighted by molar-refractivity contribution is 8.13. The van der Waals surface area contributed by atoms with Crippen LogP contribution in [-0.2, 0) is 9.05 Å². The molecule has 88 valence electrons. The van der Waals surface area contributed by atoms with Crippen molar-refractivity contribution in [2.45, 2.75) is 4.90 Å². The van der Waals surface area contributed by atoms with E-state index in [0.717, 1.165) is 6.07 Å². The van der Waals surface area contributed by atoms with Crippen molar-refractivity contribution in [2.75, 3.05) is 0 Å². The molecule has 0 bridgehead atoms. The lowest BCUT2D eigenvalue weighted by Gasteiger charge is -2.05. The molecule has 6 heteroatoms. The van der Waals surface area contributed by atoms with Crippen molar-refractivity contribution < 1.29 is 12.8 Å². The van der Waals surface area contributed by atoms with Gasteiger partial charge in [0.05, 0.1) is 0 Å². The van der Waals surface area contributed by atoms with Crippen LogP contribution in [0.15, 0.2) is 47.6 Å². The Bertz CT molecular complexity index is 644. The third-order valence-corrected chi connectivity index (χ3v) is 3.54. The minimum atomic E-state index is -4.09. The number of rotatable bonds is 2. The lowest BCUT2D eigenvalue weighted by atomic mass is 10.1. The van der Waals surface area contributed by atoms with E-state index in [9.17, 15) is 12.8 Å². The number of nitrogens with zero attached hydrogens (tertiary/aromatic N) is 1. The van der Waals surface area contributed by atoms with Gasteiger partial charge >= 0.3 is 0 Å². The zero-order valence-electron chi connectivity index (χ0n) is 8.47. The first-order valence-electron chi connectivity index (χ1n) is 4.64. The fraction of sp³-hybridized carbons (Fsp3) is 0. The molecule has 0 unspecified atom stereocenters. The van der Waals surface area contributed by atoms with Crippen LogP contribution in [0.3, 0.4) is 0 Å². The van der Waals surface area contributed by atoms with Crippen molar-refractivity contribution in [1.29, 1.82) is 0 Å². The van der Waals surface area contributed by atoms with Gasteiger partial charge in [-0.05, 0) is 12.1 Å². The molecule has 0 fully saturated rings. The van der Waals surface area contributed by atoms with Crippen molar-refractivity contribution >= 4 is 19.7 Å². The van der Waals surface area contributed by atoms with E-state index < -0.39 is 19.8 Å². The lowest BCUT2D eigenvalue weighted by Crippen LogP contribution is -1.97. The highest BCUT2D eigenvalue weighted by Gasteiger charge is 2.19. The molecule has 0 aliphatic heterocycles. The zero-order valence-corrected chi connectivity index (χ0v) is 10.0. The summed E-state index contributed by atoms with van der Waals surface area (Å²) >= 11 is 0. The van der Waals surface area contributed by atoms with Crippen molar-refractivity contribution in [2.24, 2.45) is 0 Å². The highest BCUT2D eigenvalue weighted by Crippen LogP contribution is 2.28. The topological polar surface area (TPSA) is 47.0 Å². The molecule has 1 aromatic carbocycles. The second-order valence-electron chi connectivity index (χ2n) is 3.30. The van der Waals surface area contributed by atoms with Crippen LogP contribution < -0.4 is 0 Å². The summed E-state index contributed by atoms with van der Waals surface area (Å²) in [6.45, 7) is 0. The van der Waals surface area contributed by atoms with Crippen molar-refractivity contribution in [3.05, 3.63) is 48.5 Å². The largest absolute Gasteiger partial charge is 0.264 e. The fourth-order valence-corrected chi connectivity index (χ4v) is 2.37. The predicted octanol–water partition coefficient (Wildman–Crippen LogP) is 2.82. The Labute approximate surface area is 102 Å². The molecule has 0 N–H and O–H groups in total. The van der Waals surface area contributed by atoms with Crippen molar-refractivity contribution in [3.63, 3.8) is 0 Å². The minimum absolute atomic E-state index is 0.153. The second-order valence-corrected chi connectivity index (χ2v) is 5.83. The molecule has 1 heterocycles. The van der Waals surface area contributed by atoms with Crippen LogP contribution in [0.1, 0.15) is 0 Å². The average molecular weight is 272 g/mol. The number of aromatic nitrogens is 1. The lowest BCUT2D eigenvalue weighted by molar-refractivity contribution is 0.577. The van der Waals surface area contributed by atoms with E-state index in [2.05, 4.69) is 4.98 Å². The maximum Gasteiger partial charge on any atom is 0.264 e. The number of benzene rings is 1. The Kier molecular flexibility index (Phi) is 3.13. The molecule has 0 radical (unpaired) electrons. The molecule has 0 spiro atoms. The molecule has 0 aliphatic rings. The maximum atomic E-state index is 14.0. The van der Waals surface area contributed by atoms with E-state index in [1.165, 1.54) is 18.3 Å². The van der Waals surface area contributed by atoms with Crippen LogP contribution in [0.2, 0.25) is 0 Å². The Balaban J connectivity index is 2.67. The number of hydrogen-bond acceptors (Lipinski definition) is 3. The van der Waals surface area contributed by atoms with Gasteiger partial charge in [0.2, 0.25) is 0 Å². The molecule has 2 aromatic rings. The third-order valence-electron chi connectivity index (χ3n) is 2.20. The molecule has 2 rings (SSSR count). The zero-order chi connectivity index (χ0) is 12.5. The first-order chi connectivity index (χ1) is 8.00. The standard InChI is InChI=1S/C11H7ClFNO2S/c12-17(15,16)10-5-1-4-9(11(10)13)8-3-2-6-14-7-8/h1-7H. The van der Waals surface area contributed by atoms with Gasteiger partial charge in [-0.1, -0.05) is 18.2 Å². The second kappa shape index (κ2) is 4.43. The van der Waals surface area contributed by atoms with Crippen molar-refractivity contribution in [3.8, 4) is 11.1 Å². The summed E-state index contributed by atoms with van der Waals surface area (Å²) in [5, 5.41) is 0. The van der Waals surface area contributed by atoms with Gasteiger partial charge in [-0.3, -0.25) is 4.98 Å². The summed E-state index contributed by atoms with van der Waals surface area (Å²) in [4.78, 5) is 3.32. The van der Waals surface area contributed by atoms with Gasteiger partial charge in [0.25, 0.3) is 9.05 Å². The average Bonchev–Trinajstić information content (AvgIpc) is 2.29. The molecular weight excluding hydrogens is 265 g/mol. The minimum Gasteiger partial charge on any atom is -0.264 e. The SMILES string of the molecule is O=S(=O)(Cl)c1cccc(-c2cccnc2)c1F. The summed E-state index contributed by atoms with van der Waals surface area (Å²) < 4.78 is 36.3. The van der Waals surface area contributed by atoms with E-state index in [0.29, 0.717) is 5.56 Å². The van der Waals surface area contributed by atoms with E-state index in [-0.39, 0.29) is 5.56 Å². The fourth-order valence-electron chi connectivity index (χ4n) is 1.44. The first-order valence-corrected chi connectivity index (χ1v) is 6.94. The molecule has 0 amide bonds. The summed E-state index contributed by atoms with van der Waals surface area (Å²) in [6.07, 6.45) is 2.99. The van der Waals surface area contributed by atoms with Crippen LogP contribution >= 0.6 is 10.7 Å². The van der Waals surface area contributed by atoms with Crippen LogP contribution in [0, 0.1) is 5.82 Å². The van der Waals surface area contributed by atoms with Crippen LogP contribution in [0.5, 0.6) is 0 Å². The van der Waals surface area contributed by atoms with Crippen LogP contribution in [0.25, 0.3) is 11.1 Å². The summed E-state index contributed by atoms with van der Waals surface area (Å²) in [6, 6.07) is 7.29. The molecular formula is C11H7ClFNO2S. The molecule has 0 aliphatic carbocycles. The number of halogens is 2. The molecule has 0 saturated carbocycles. The van der Waals surface area contributed by atoms with E-state index in [1.807, 2.05) is 0 Å². The maximum absolute atomic E-state index is 14.0. The van der Waals surface area contributed by atoms with Gasteiger partial charge in [0, 0.05) is 34.2 Å². The Morgan fingerprint density at radius 3 is 2.53 bits per heavy atom. The summed E-state index contributed by atoms with van der Waals surface area (Å²) in [7, 11) is 1.05. The summed E-state index contributed by atoms with van der Waals surface area (Å²) in [5.74, 6) is -0.865. The van der Waals surface area contributed by atoms with Crippen molar-refractivity contribution in [1.82, 2.24) is 4.98 Å². The van der Waals surface area contributed by atoms with Crippen LogP contribution in [-0.4, -0.2) is 13.4 Å². The normalized spacial score (nSPS) is 11.4. The predicted molar refractivity (Wildman–Crippen MR) is 62.7 cm³/mol. The Morgan fingerprint density at radius 2 is 1.94 bits per heavy atom. The van der Waals surface area contributed by atoms with E-state index >= 15 is 0 Å². The quantitative estimate of drug-likeness (QED) is 0.789. The summed E-state index contributed by atoms with van der Waals surface area (Å²) in [5.41, 5.74) is 0.645. The Hall–Kier alpha value is -1.46. The third kappa shape index (κ3) is 2.45. The van der Waals surface area contributed by atoms with Gasteiger partial charge in [0.1, 0.15) is 4.90 Å². The molecule has 0 saturated heterocycles. The monoisotopic (exact) mass is 271 g/mol. The number of hydrogen-bond donors (Lipinski definition) is 0. The number of pyridine rings is 1. The molecule has 1 aromatic heterocycles. The smallest absolute Gasteiger partial charge is 0.264 e. The van der Waals surface area contributed by atoms with Gasteiger partial charge in [-0.25, -0.2) is 12.8 Å². The first kappa shape index (κ1) is 12.0. The van der Waals surface area contributed by atoms with Gasteiger partial charge < -0.3 is 0 Å². The van der Waals surface area contributed by atoms with E-state index in [4.69, 9.17) is 10.7 Å². The van der Waals surface area contributed by atoms with Gasteiger partial charge in [-0.2, -0.15) is 0 Å². The molecule has 3 nitrogen and oxygen atoms in total. The highest BCUT2D eigenvalue weighted by atomic mass is 35.7. The van der Waals surface area contributed by atoms with Gasteiger partial charge in [-0.15, -0.1) is 0 Å². The molecule has 17 heavy (non-hydrogen) atoms. The van der Waals surface area contributed by atoms with Gasteiger partial charge in [0.15, 0.2) is 5.82 Å². The van der Waals surface area contributed by atoms with Crippen LogP contribution in [0.4, 0.5) is 4.39 Å².